The van der Waals surface area contributed by atoms with E-state index in [1.807, 2.05) is 0 Å². The summed E-state index contributed by atoms with van der Waals surface area (Å²) >= 11 is 0. The molecule has 1 aliphatic carbocycles. The van der Waals surface area contributed by atoms with Crippen molar-refractivity contribution in [3.05, 3.63) is 0 Å². The predicted octanol–water partition coefficient (Wildman–Crippen LogP) is -0.241. The molecule has 0 aromatic carbocycles. The zero-order valence-corrected chi connectivity index (χ0v) is 8.46. The predicted molar refractivity (Wildman–Crippen MR) is 50.7 cm³/mol. The standard InChI is InChI=1S/C8H16N2O2S/c9-8-4-7(5-8)6-10-2-1-3-13(10,11)12/h7-8H,1-6,9H2. The summed E-state index contributed by atoms with van der Waals surface area (Å²) in [5.41, 5.74) is 5.64. The van der Waals surface area contributed by atoms with E-state index in [1.54, 1.807) is 4.31 Å². The molecule has 2 rings (SSSR count). The average Bonchev–Trinajstić information content (AvgIpc) is 2.28. The Morgan fingerprint density at radius 2 is 2.08 bits per heavy atom. The Bertz CT molecular complexity index is 283. The van der Waals surface area contributed by atoms with Crippen LogP contribution < -0.4 is 5.73 Å². The second kappa shape index (κ2) is 3.22. The SMILES string of the molecule is NC1CC(CN2CCCS2(=O)=O)C1. The number of sulfonamides is 1. The summed E-state index contributed by atoms with van der Waals surface area (Å²) in [5, 5.41) is 0. The monoisotopic (exact) mass is 204 g/mol. The summed E-state index contributed by atoms with van der Waals surface area (Å²) in [4.78, 5) is 0. The molecular weight excluding hydrogens is 188 g/mol. The lowest BCUT2D eigenvalue weighted by Crippen LogP contribution is -2.43. The van der Waals surface area contributed by atoms with Gasteiger partial charge in [0.1, 0.15) is 0 Å². The molecule has 0 bridgehead atoms. The highest BCUT2D eigenvalue weighted by atomic mass is 32.2. The largest absolute Gasteiger partial charge is 0.328 e. The van der Waals surface area contributed by atoms with Crippen LogP contribution in [0.25, 0.3) is 0 Å². The summed E-state index contributed by atoms with van der Waals surface area (Å²) < 4.78 is 24.5. The first-order chi connectivity index (χ1) is 6.08. The zero-order valence-electron chi connectivity index (χ0n) is 7.65. The average molecular weight is 204 g/mol. The zero-order chi connectivity index (χ0) is 9.47. The van der Waals surface area contributed by atoms with E-state index in [9.17, 15) is 8.42 Å². The van der Waals surface area contributed by atoms with Gasteiger partial charge in [0.15, 0.2) is 0 Å². The van der Waals surface area contributed by atoms with Crippen LogP contribution in [-0.4, -0.2) is 37.6 Å². The molecule has 76 valence electrons. The minimum Gasteiger partial charge on any atom is -0.328 e. The third kappa shape index (κ3) is 1.87. The van der Waals surface area contributed by atoms with Crippen molar-refractivity contribution in [1.29, 1.82) is 0 Å². The maximum absolute atomic E-state index is 11.4. The molecule has 0 aromatic heterocycles. The van der Waals surface area contributed by atoms with Gasteiger partial charge in [-0.2, -0.15) is 0 Å². The normalized spacial score (nSPS) is 38.8. The van der Waals surface area contributed by atoms with Crippen molar-refractivity contribution in [2.24, 2.45) is 11.7 Å². The van der Waals surface area contributed by atoms with Gasteiger partial charge in [0.25, 0.3) is 0 Å². The van der Waals surface area contributed by atoms with Crippen molar-refractivity contribution >= 4 is 10.0 Å². The van der Waals surface area contributed by atoms with Crippen LogP contribution >= 0.6 is 0 Å². The Balaban J connectivity index is 1.88. The fourth-order valence-electron chi connectivity index (χ4n) is 2.12. The van der Waals surface area contributed by atoms with E-state index in [-0.39, 0.29) is 0 Å². The number of hydrogen-bond acceptors (Lipinski definition) is 3. The Hall–Kier alpha value is -0.130. The third-order valence-corrected chi connectivity index (χ3v) is 4.86. The van der Waals surface area contributed by atoms with Crippen LogP contribution in [0.2, 0.25) is 0 Å². The van der Waals surface area contributed by atoms with Gasteiger partial charge in [0, 0.05) is 19.1 Å². The van der Waals surface area contributed by atoms with Crippen LogP contribution in [0.4, 0.5) is 0 Å². The molecule has 2 aliphatic rings. The van der Waals surface area contributed by atoms with Crippen LogP contribution in [0, 0.1) is 5.92 Å². The number of hydrogen-bond donors (Lipinski definition) is 1. The Morgan fingerprint density at radius 1 is 1.38 bits per heavy atom. The molecule has 0 unspecified atom stereocenters. The molecule has 2 N–H and O–H groups in total. The van der Waals surface area contributed by atoms with Crippen LogP contribution in [0.5, 0.6) is 0 Å². The van der Waals surface area contributed by atoms with Gasteiger partial charge in [0.05, 0.1) is 5.75 Å². The number of rotatable bonds is 2. The third-order valence-electron chi connectivity index (χ3n) is 2.94. The van der Waals surface area contributed by atoms with Crippen molar-refractivity contribution < 1.29 is 8.42 Å². The van der Waals surface area contributed by atoms with Crippen LogP contribution in [0.3, 0.4) is 0 Å². The van der Waals surface area contributed by atoms with Crippen LogP contribution in [-0.2, 0) is 10.0 Å². The lowest BCUT2D eigenvalue weighted by atomic mass is 9.81. The van der Waals surface area contributed by atoms with E-state index in [1.165, 1.54) is 0 Å². The Labute approximate surface area is 79.1 Å². The fourth-order valence-corrected chi connectivity index (χ4v) is 3.72. The first-order valence-electron chi connectivity index (χ1n) is 4.81. The van der Waals surface area contributed by atoms with Gasteiger partial charge < -0.3 is 5.73 Å². The Kier molecular flexibility index (Phi) is 2.33. The van der Waals surface area contributed by atoms with E-state index in [2.05, 4.69) is 0 Å². The molecule has 2 fully saturated rings. The van der Waals surface area contributed by atoms with Crippen molar-refractivity contribution in [3.63, 3.8) is 0 Å². The highest BCUT2D eigenvalue weighted by Crippen LogP contribution is 2.28. The van der Waals surface area contributed by atoms with Crippen molar-refractivity contribution in [1.82, 2.24) is 4.31 Å². The van der Waals surface area contributed by atoms with Crippen molar-refractivity contribution in [2.75, 3.05) is 18.8 Å². The topological polar surface area (TPSA) is 63.4 Å². The maximum atomic E-state index is 11.4. The molecule has 0 aromatic rings. The first kappa shape index (κ1) is 9.43. The molecule has 0 atom stereocenters. The summed E-state index contributed by atoms with van der Waals surface area (Å²) in [6.07, 6.45) is 2.78. The molecule has 1 aliphatic heterocycles. The second-order valence-electron chi connectivity index (χ2n) is 4.13. The van der Waals surface area contributed by atoms with Gasteiger partial charge >= 0.3 is 0 Å². The van der Waals surface area contributed by atoms with Gasteiger partial charge in [-0.1, -0.05) is 0 Å². The van der Waals surface area contributed by atoms with Gasteiger partial charge in [-0.3, -0.25) is 0 Å². The summed E-state index contributed by atoms with van der Waals surface area (Å²) in [6, 6.07) is 0.315. The molecule has 0 spiro atoms. The lowest BCUT2D eigenvalue weighted by molar-refractivity contribution is 0.220. The fraction of sp³-hybridized carbons (Fsp3) is 1.00. The van der Waals surface area contributed by atoms with E-state index in [0.717, 1.165) is 19.3 Å². The minimum atomic E-state index is -2.88. The van der Waals surface area contributed by atoms with Gasteiger partial charge in [0.2, 0.25) is 10.0 Å². The van der Waals surface area contributed by atoms with Crippen molar-refractivity contribution in [3.8, 4) is 0 Å². The molecule has 0 radical (unpaired) electrons. The lowest BCUT2D eigenvalue weighted by Gasteiger charge is -2.34. The molecule has 4 nitrogen and oxygen atoms in total. The smallest absolute Gasteiger partial charge is 0.214 e. The molecular formula is C8H16N2O2S. The first-order valence-corrected chi connectivity index (χ1v) is 6.42. The van der Waals surface area contributed by atoms with E-state index >= 15 is 0 Å². The summed E-state index contributed by atoms with van der Waals surface area (Å²) in [5.74, 6) is 0.856. The molecule has 5 heteroatoms. The molecule has 1 saturated carbocycles. The van der Waals surface area contributed by atoms with Gasteiger partial charge in [-0.15, -0.1) is 0 Å². The van der Waals surface area contributed by atoms with E-state index in [4.69, 9.17) is 5.73 Å². The van der Waals surface area contributed by atoms with E-state index < -0.39 is 10.0 Å². The molecule has 1 heterocycles. The van der Waals surface area contributed by atoms with Gasteiger partial charge in [-0.05, 0) is 25.2 Å². The summed E-state index contributed by atoms with van der Waals surface area (Å²) in [7, 11) is -2.88. The van der Waals surface area contributed by atoms with Crippen LogP contribution in [0.1, 0.15) is 19.3 Å². The maximum Gasteiger partial charge on any atom is 0.214 e. The second-order valence-corrected chi connectivity index (χ2v) is 6.21. The minimum absolute atomic E-state index is 0.315. The summed E-state index contributed by atoms with van der Waals surface area (Å²) in [6.45, 7) is 1.42. The van der Waals surface area contributed by atoms with E-state index in [0.29, 0.717) is 30.8 Å². The number of nitrogens with two attached hydrogens (primary N) is 1. The van der Waals surface area contributed by atoms with Gasteiger partial charge in [-0.25, -0.2) is 12.7 Å². The Morgan fingerprint density at radius 3 is 2.54 bits per heavy atom. The number of nitrogens with zero attached hydrogens (tertiary/aromatic N) is 1. The molecule has 13 heavy (non-hydrogen) atoms. The quantitative estimate of drug-likeness (QED) is 0.675. The highest BCUT2D eigenvalue weighted by molar-refractivity contribution is 7.89. The van der Waals surface area contributed by atoms with Crippen molar-refractivity contribution in [2.45, 2.75) is 25.3 Å². The highest BCUT2D eigenvalue weighted by Gasteiger charge is 2.34. The van der Waals surface area contributed by atoms with Crippen LogP contribution in [0.15, 0.2) is 0 Å². The molecule has 1 saturated heterocycles. The molecule has 0 amide bonds.